The van der Waals surface area contributed by atoms with Gasteiger partial charge in [0.05, 0.1) is 0 Å². The largest absolute Gasteiger partial charge is 0.371 e. The summed E-state index contributed by atoms with van der Waals surface area (Å²) < 4.78 is 0. The molecule has 1 aliphatic heterocycles. The summed E-state index contributed by atoms with van der Waals surface area (Å²) in [5.41, 5.74) is 2.46. The summed E-state index contributed by atoms with van der Waals surface area (Å²) >= 11 is 6.36. The molecule has 1 heterocycles. The Labute approximate surface area is 115 Å². The van der Waals surface area contributed by atoms with E-state index in [2.05, 4.69) is 42.3 Å². The second kappa shape index (κ2) is 6.44. The summed E-state index contributed by atoms with van der Waals surface area (Å²) in [6.07, 6.45) is 2.44. The van der Waals surface area contributed by atoms with Crippen molar-refractivity contribution in [3.05, 3.63) is 28.8 Å². The lowest BCUT2D eigenvalue weighted by molar-refractivity contribution is 0.659. The first-order chi connectivity index (χ1) is 8.70. The molecule has 0 bridgehead atoms. The van der Waals surface area contributed by atoms with E-state index in [0.717, 1.165) is 43.5 Å². The van der Waals surface area contributed by atoms with Gasteiger partial charge in [-0.25, -0.2) is 0 Å². The molecule has 2 nitrogen and oxygen atoms in total. The van der Waals surface area contributed by atoms with Crippen LogP contribution in [-0.2, 0) is 6.54 Å². The minimum absolute atomic E-state index is 0.801. The molecule has 1 saturated heterocycles. The average Bonchev–Trinajstić information content (AvgIpc) is 2.78. The number of hydrogen-bond acceptors (Lipinski definition) is 2. The lowest BCUT2D eigenvalue weighted by Gasteiger charge is -2.19. The summed E-state index contributed by atoms with van der Waals surface area (Å²) in [5, 5.41) is 4.28. The van der Waals surface area contributed by atoms with Crippen molar-refractivity contribution in [1.82, 2.24) is 5.32 Å². The highest BCUT2D eigenvalue weighted by Crippen LogP contribution is 2.27. The molecule has 1 fully saturated rings. The highest BCUT2D eigenvalue weighted by Gasteiger charge is 2.19. The maximum Gasteiger partial charge on any atom is 0.0471 e. The topological polar surface area (TPSA) is 15.3 Å². The number of hydrogen-bond donors (Lipinski definition) is 1. The van der Waals surface area contributed by atoms with Crippen LogP contribution in [0.3, 0.4) is 0 Å². The Bertz CT molecular complexity index is 392. The van der Waals surface area contributed by atoms with E-state index in [9.17, 15) is 0 Å². The van der Waals surface area contributed by atoms with Gasteiger partial charge in [0.2, 0.25) is 0 Å². The number of nitrogens with one attached hydrogen (secondary N) is 1. The third-order valence-corrected chi connectivity index (χ3v) is 3.92. The first-order valence-electron chi connectivity index (χ1n) is 6.94. The molecule has 1 N–H and O–H groups in total. The van der Waals surface area contributed by atoms with Gasteiger partial charge in [0.15, 0.2) is 0 Å². The second-order valence-electron chi connectivity index (χ2n) is 5.29. The van der Waals surface area contributed by atoms with E-state index in [1.165, 1.54) is 17.7 Å². The van der Waals surface area contributed by atoms with E-state index in [1.54, 1.807) is 0 Å². The smallest absolute Gasteiger partial charge is 0.0471 e. The molecule has 0 amide bonds. The maximum atomic E-state index is 6.36. The fourth-order valence-electron chi connectivity index (χ4n) is 2.45. The summed E-state index contributed by atoms with van der Waals surface area (Å²) in [6, 6.07) is 6.47. The molecule has 3 heteroatoms. The SMILES string of the molecule is CCCNCc1ccc(N2CCC(C)C2)cc1Cl. The molecule has 0 spiro atoms. The third kappa shape index (κ3) is 3.39. The highest BCUT2D eigenvalue weighted by molar-refractivity contribution is 6.31. The second-order valence-corrected chi connectivity index (χ2v) is 5.70. The Morgan fingerprint density at radius 3 is 2.89 bits per heavy atom. The van der Waals surface area contributed by atoms with Gasteiger partial charge >= 0.3 is 0 Å². The van der Waals surface area contributed by atoms with Crippen molar-refractivity contribution in [1.29, 1.82) is 0 Å². The first kappa shape index (κ1) is 13.7. The van der Waals surface area contributed by atoms with Gasteiger partial charge in [-0.3, -0.25) is 0 Å². The molecule has 1 aromatic rings. The van der Waals surface area contributed by atoms with Crippen molar-refractivity contribution < 1.29 is 0 Å². The van der Waals surface area contributed by atoms with E-state index < -0.39 is 0 Å². The summed E-state index contributed by atoms with van der Waals surface area (Å²) in [6.45, 7) is 8.71. The van der Waals surface area contributed by atoms with E-state index in [4.69, 9.17) is 11.6 Å². The highest BCUT2D eigenvalue weighted by atomic mass is 35.5. The third-order valence-electron chi connectivity index (χ3n) is 3.57. The zero-order valence-electron chi connectivity index (χ0n) is 11.4. The van der Waals surface area contributed by atoms with Crippen molar-refractivity contribution >= 4 is 17.3 Å². The Morgan fingerprint density at radius 2 is 2.28 bits per heavy atom. The molecule has 0 saturated carbocycles. The van der Waals surface area contributed by atoms with Crippen LogP contribution in [0, 0.1) is 5.92 Å². The monoisotopic (exact) mass is 266 g/mol. The van der Waals surface area contributed by atoms with Crippen LogP contribution in [0.2, 0.25) is 5.02 Å². The van der Waals surface area contributed by atoms with Gasteiger partial charge in [-0.1, -0.05) is 31.5 Å². The lowest BCUT2D eigenvalue weighted by Crippen LogP contribution is -2.19. The summed E-state index contributed by atoms with van der Waals surface area (Å²) in [4.78, 5) is 2.43. The van der Waals surface area contributed by atoms with Crippen LogP contribution in [-0.4, -0.2) is 19.6 Å². The molecular weight excluding hydrogens is 244 g/mol. The van der Waals surface area contributed by atoms with Gasteiger partial charge in [0.25, 0.3) is 0 Å². The standard InChI is InChI=1S/C15H23ClN2/c1-3-7-17-10-13-4-5-14(9-15(13)16)18-8-6-12(2)11-18/h4-5,9,12,17H,3,6-8,10-11H2,1-2H3. The van der Waals surface area contributed by atoms with E-state index in [0.29, 0.717) is 0 Å². The zero-order valence-corrected chi connectivity index (χ0v) is 12.1. The normalized spacial score (nSPS) is 19.5. The van der Waals surface area contributed by atoms with Crippen molar-refractivity contribution in [2.24, 2.45) is 5.92 Å². The molecule has 100 valence electrons. The molecule has 0 radical (unpaired) electrons. The van der Waals surface area contributed by atoms with Crippen LogP contribution < -0.4 is 10.2 Å². The van der Waals surface area contributed by atoms with Crippen molar-refractivity contribution in [3.8, 4) is 0 Å². The predicted molar refractivity (Wildman–Crippen MR) is 79.4 cm³/mol. The Morgan fingerprint density at radius 1 is 1.44 bits per heavy atom. The van der Waals surface area contributed by atoms with Crippen molar-refractivity contribution in [3.63, 3.8) is 0 Å². The first-order valence-corrected chi connectivity index (χ1v) is 7.32. The van der Waals surface area contributed by atoms with Gasteiger partial charge < -0.3 is 10.2 Å². The molecule has 18 heavy (non-hydrogen) atoms. The van der Waals surface area contributed by atoms with Crippen LogP contribution in [0.25, 0.3) is 0 Å². The van der Waals surface area contributed by atoms with E-state index >= 15 is 0 Å². The molecule has 1 atom stereocenters. The summed E-state index contributed by atoms with van der Waals surface area (Å²) in [5.74, 6) is 0.801. The molecule has 1 aromatic carbocycles. The predicted octanol–water partition coefficient (Wildman–Crippen LogP) is 3.69. The minimum Gasteiger partial charge on any atom is -0.371 e. The number of rotatable bonds is 5. The number of benzene rings is 1. The quantitative estimate of drug-likeness (QED) is 0.818. The number of nitrogens with zero attached hydrogens (tertiary/aromatic N) is 1. The minimum atomic E-state index is 0.801. The fraction of sp³-hybridized carbons (Fsp3) is 0.600. The molecule has 0 aliphatic carbocycles. The molecular formula is C15H23ClN2. The van der Waals surface area contributed by atoms with E-state index in [-0.39, 0.29) is 0 Å². The van der Waals surface area contributed by atoms with Crippen LogP contribution >= 0.6 is 11.6 Å². The number of anilines is 1. The Balaban J connectivity index is 2.00. The van der Waals surface area contributed by atoms with Gasteiger partial charge in [0, 0.05) is 30.3 Å². The zero-order chi connectivity index (χ0) is 13.0. The Kier molecular flexibility index (Phi) is 4.90. The van der Waals surface area contributed by atoms with E-state index in [1.807, 2.05) is 0 Å². The lowest BCUT2D eigenvalue weighted by atomic mass is 10.1. The number of halogens is 1. The van der Waals surface area contributed by atoms with Gasteiger partial charge in [-0.2, -0.15) is 0 Å². The molecule has 2 rings (SSSR count). The molecule has 0 aromatic heterocycles. The average molecular weight is 267 g/mol. The van der Waals surface area contributed by atoms with Crippen LogP contribution in [0.5, 0.6) is 0 Å². The molecule has 1 aliphatic rings. The Hall–Kier alpha value is -0.730. The molecule has 1 unspecified atom stereocenters. The van der Waals surface area contributed by atoms with Crippen molar-refractivity contribution in [2.75, 3.05) is 24.5 Å². The van der Waals surface area contributed by atoms with Crippen LogP contribution in [0.4, 0.5) is 5.69 Å². The van der Waals surface area contributed by atoms with Gasteiger partial charge in [-0.15, -0.1) is 0 Å². The van der Waals surface area contributed by atoms with Crippen LogP contribution in [0.15, 0.2) is 18.2 Å². The summed E-state index contributed by atoms with van der Waals surface area (Å²) in [7, 11) is 0. The van der Waals surface area contributed by atoms with Gasteiger partial charge in [0.1, 0.15) is 0 Å². The van der Waals surface area contributed by atoms with Crippen LogP contribution in [0.1, 0.15) is 32.3 Å². The van der Waals surface area contributed by atoms with Crippen molar-refractivity contribution in [2.45, 2.75) is 33.2 Å². The maximum absolute atomic E-state index is 6.36. The fourth-order valence-corrected chi connectivity index (χ4v) is 2.69. The van der Waals surface area contributed by atoms with Gasteiger partial charge in [-0.05, 0) is 43.0 Å².